The molecule has 0 aliphatic carbocycles. The van der Waals surface area contributed by atoms with E-state index in [1.54, 1.807) is 13.0 Å². The minimum atomic E-state index is -0.429. The Morgan fingerprint density at radius 2 is 1.81 bits per heavy atom. The number of carbonyl (C=O) groups is 1. The normalized spacial score (nSPS) is 15.8. The molecule has 0 aromatic heterocycles. The first-order valence-electron chi connectivity index (χ1n) is 6.53. The summed E-state index contributed by atoms with van der Waals surface area (Å²) in [6.07, 6.45) is 1.68. The lowest BCUT2D eigenvalue weighted by Crippen LogP contribution is -1.99. The molecular weight excluding hydrogens is 266 g/mol. The standard InChI is InChI=1S/C17H13NO3/c1-12-18-16(17(19)20-12)11-13-6-5-9-15(10-13)21-14-7-3-2-4-8-14/h2-11H,1H3/b16-11+. The molecule has 0 radical (unpaired) electrons. The molecule has 3 rings (SSSR count). The van der Waals surface area contributed by atoms with E-state index in [1.165, 1.54) is 0 Å². The van der Waals surface area contributed by atoms with Crippen molar-refractivity contribution in [1.29, 1.82) is 0 Å². The Morgan fingerprint density at radius 3 is 2.52 bits per heavy atom. The van der Waals surface area contributed by atoms with E-state index in [2.05, 4.69) is 4.99 Å². The molecular formula is C17H13NO3. The third-order valence-electron chi connectivity index (χ3n) is 2.87. The van der Waals surface area contributed by atoms with Crippen LogP contribution in [0.2, 0.25) is 0 Å². The highest BCUT2D eigenvalue weighted by atomic mass is 16.6. The summed E-state index contributed by atoms with van der Waals surface area (Å²) in [7, 11) is 0. The first-order chi connectivity index (χ1) is 10.2. The highest BCUT2D eigenvalue weighted by Gasteiger charge is 2.19. The SMILES string of the molecule is CC1=N/C(=C/c2cccc(Oc3ccccc3)c2)C(=O)O1. The van der Waals surface area contributed by atoms with Gasteiger partial charge in [0, 0.05) is 6.92 Å². The molecule has 21 heavy (non-hydrogen) atoms. The first kappa shape index (κ1) is 13.1. The van der Waals surface area contributed by atoms with Gasteiger partial charge in [-0.1, -0.05) is 30.3 Å². The molecule has 0 fully saturated rings. The number of para-hydroxylation sites is 1. The van der Waals surface area contributed by atoms with Gasteiger partial charge in [0.25, 0.3) is 0 Å². The van der Waals surface area contributed by atoms with E-state index >= 15 is 0 Å². The van der Waals surface area contributed by atoms with Crippen LogP contribution >= 0.6 is 0 Å². The summed E-state index contributed by atoms with van der Waals surface area (Å²) in [5.74, 6) is 1.39. The van der Waals surface area contributed by atoms with Gasteiger partial charge in [0.1, 0.15) is 11.5 Å². The number of carbonyl (C=O) groups excluding carboxylic acids is 1. The van der Waals surface area contributed by atoms with Crippen molar-refractivity contribution in [2.45, 2.75) is 6.92 Å². The molecule has 1 aliphatic heterocycles. The van der Waals surface area contributed by atoms with Crippen molar-refractivity contribution in [2.24, 2.45) is 4.99 Å². The number of nitrogens with zero attached hydrogens (tertiary/aromatic N) is 1. The van der Waals surface area contributed by atoms with Crippen molar-refractivity contribution in [3.8, 4) is 11.5 Å². The zero-order valence-electron chi connectivity index (χ0n) is 11.4. The fourth-order valence-electron chi connectivity index (χ4n) is 1.97. The lowest BCUT2D eigenvalue weighted by atomic mass is 10.2. The highest BCUT2D eigenvalue weighted by molar-refractivity contribution is 6.06. The second-order valence-corrected chi connectivity index (χ2v) is 4.54. The van der Waals surface area contributed by atoms with Gasteiger partial charge in [0.2, 0.25) is 0 Å². The van der Waals surface area contributed by atoms with Crippen LogP contribution in [-0.2, 0) is 9.53 Å². The van der Waals surface area contributed by atoms with Gasteiger partial charge in [0.05, 0.1) is 0 Å². The number of rotatable bonds is 3. The molecule has 0 atom stereocenters. The number of benzene rings is 2. The van der Waals surface area contributed by atoms with Crippen LogP contribution in [0.5, 0.6) is 11.5 Å². The summed E-state index contributed by atoms with van der Waals surface area (Å²) in [6.45, 7) is 1.65. The molecule has 0 bridgehead atoms. The summed E-state index contributed by atoms with van der Waals surface area (Å²) >= 11 is 0. The van der Waals surface area contributed by atoms with Crippen LogP contribution in [0.1, 0.15) is 12.5 Å². The number of hydrogen-bond donors (Lipinski definition) is 0. The fourth-order valence-corrected chi connectivity index (χ4v) is 1.97. The van der Waals surface area contributed by atoms with E-state index in [9.17, 15) is 4.79 Å². The maximum atomic E-state index is 11.5. The molecule has 2 aromatic rings. The molecule has 0 amide bonds. The van der Waals surface area contributed by atoms with Crippen molar-refractivity contribution in [1.82, 2.24) is 0 Å². The molecule has 0 saturated carbocycles. The lowest BCUT2D eigenvalue weighted by Gasteiger charge is -2.05. The topological polar surface area (TPSA) is 47.9 Å². The Kier molecular flexibility index (Phi) is 3.51. The second-order valence-electron chi connectivity index (χ2n) is 4.54. The molecule has 0 N–H and O–H groups in total. The molecule has 1 heterocycles. The minimum Gasteiger partial charge on any atom is -0.457 e. The van der Waals surface area contributed by atoms with Crippen molar-refractivity contribution in [2.75, 3.05) is 0 Å². The van der Waals surface area contributed by atoms with E-state index in [1.807, 2.05) is 54.6 Å². The van der Waals surface area contributed by atoms with Crippen molar-refractivity contribution >= 4 is 17.9 Å². The van der Waals surface area contributed by atoms with E-state index in [0.717, 1.165) is 11.3 Å². The average Bonchev–Trinajstić information content (AvgIpc) is 2.78. The van der Waals surface area contributed by atoms with Gasteiger partial charge < -0.3 is 9.47 Å². The van der Waals surface area contributed by atoms with Crippen molar-refractivity contribution in [3.05, 3.63) is 65.9 Å². The van der Waals surface area contributed by atoms with Crippen molar-refractivity contribution < 1.29 is 14.3 Å². The van der Waals surface area contributed by atoms with Crippen LogP contribution in [0, 0.1) is 0 Å². The molecule has 0 spiro atoms. The van der Waals surface area contributed by atoms with Crippen LogP contribution in [0.3, 0.4) is 0 Å². The van der Waals surface area contributed by atoms with Gasteiger partial charge in [-0.25, -0.2) is 9.79 Å². The summed E-state index contributed by atoms with van der Waals surface area (Å²) in [6, 6.07) is 17.0. The average molecular weight is 279 g/mol. The molecule has 104 valence electrons. The predicted molar refractivity (Wildman–Crippen MR) is 80.1 cm³/mol. The van der Waals surface area contributed by atoms with Gasteiger partial charge >= 0.3 is 5.97 Å². The largest absolute Gasteiger partial charge is 0.457 e. The fraction of sp³-hybridized carbons (Fsp3) is 0.0588. The van der Waals surface area contributed by atoms with Crippen LogP contribution < -0.4 is 4.74 Å². The summed E-state index contributed by atoms with van der Waals surface area (Å²) in [5, 5.41) is 0. The third kappa shape index (κ3) is 3.17. The molecule has 2 aromatic carbocycles. The van der Waals surface area contributed by atoms with Crippen LogP contribution in [0.4, 0.5) is 0 Å². The zero-order valence-corrected chi connectivity index (χ0v) is 11.4. The van der Waals surface area contributed by atoms with Gasteiger partial charge in [0.15, 0.2) is 11.6 Å². The number of esters is 1. The zero-order chi connectivity index (χ0) is 14.7. The van der Waals surface area contributed by atoms with Gasteiger partial charge in [-0.2, -0.15) is 0 Å². The number of aliphatic imine (C=N–C) groups is 1. The lowest BCUT2D eigenvalue weighted by molar-refractivity contribution is -0.130. The second kappa shape index (κ2) is 5.63. The quantitative estimate of drug-likeness (QED) is 0.634. The first-order valence-corrected chi connectivity index (χ1v) is 6.53. The Morgan fingerprint density at radius 1 is 1.05 bits per heavy atom. The molecule has 0 saturated heterocycles. The Hall–Kier alpha value is -2.88. The van der Waals surface area contributed by atoms with Gasteiger partial charge in [-0.05, 0) is 35.9 Å². The maximum Gasteiger partial charge on any atom is 0.363 e. The maximum absolute atomic E-state index is 11.5. The van der Waals surface area contributed by atoms with Crippen molar-refractivity contribution in [3.63, 3.8) is 0 Å². The summed E-state index contributed by atoms with van der Waals surface area (Å²) < 4.78 is 10.6. The van der Waals surface area contributed by atoms with Crippen LogP contribution in [0.25, 0.3) is 6.08 Å². The molecule has 4 heteroatoms. The van der Waals surface area contributed by atoms with Gasteiger partial charge in [-0.15, -0.1) is 0 Å². The Bertz CT molecular complexity index is 733. The Balaban J connectivity index is 1.84. The van der Waals surface area contributed by atoms with Crippen LogP contribution in [-0.4, -0.2) is 11.9 Å². The van der Waals surface area contributed by atoms with E-state index in [-0.39, 0.29) is 0 Å². The highest BCUT2D eigenvalue weighted by Crippen LogP contribution is 2.23. The van der Waals surface area contributed by atoms with E-state index in [4.69, 9.17) is 9.47 Å². The van der Waals surface area contributed by atoms with E-state index in [0.29, 0.717) is 17.3 Å². The van der Waals surface area contributed by atoms with E-state index < -0.39 is 5.97 Å². The predicted octanol–water partition coefficient (Wildman–Crippen LogP) is 3.80. The summed E-state index contributed by atoms with van der Waals surface area (Å²) in [5.41, 5.74) is 1.12. The molecule has 4 nitrogen and oxygen atoms in total. The number of cyclic esters (lactones) is 1. The Labute approximate surface area is 122 Å². The summed E-state index contributed by atoms with van der Waals surface area (Å²) in [4.78, 5) is 15.6. The van der Waals surface area contributed by atoms with Crippen LogP contribution in [0.15, 0.2) is 65.3 Å². The molecule has 1 aliphatic rings. The minimum absolute atomic E-state index is 0.296. The third-order valence-corrected chi connectivity index (χ3v) is 2.87. The smallest absolute Gasteiger partial charge is 0.363 e. The van der Waals surface area contributed by atoms with Gasteiger partial charge in [-0.3, -0.25) is 0 Å². The number of ether oxygens (including phenoxy) is 2. The monoisotopic (exact) mass is 279 g/mol. The number of hydrogen-bond acceptors (Lipinski definition) is 4. The molecule has 0 unspecified atom stereocenters.